The summed E-state index contributed by atoms with van der Waals surface area (Å²) in [6.45, 7) is 6.16. The van der Waals surface area contributed by atoms with E-state index in [0.29, 0.717) is 5.02 Å². The number of hydrogen-bond donors (Lipinski definition) is 1. The topological polar surface area (TPSA) is 66.5 Å². The molecule has 0 aliphatic rings. The van der Waals surface area contributed by atoms with E-state index in [1.165, 1.54) is 18.2 Å². The van der Waals surface area contributed by atoms with Crippen LogP contribution in [-0.2, 0) is 14.6 Å². The molecule has 2 rings (SSSR count). The molecule has 2 aromatic carbocycles. The second-order valence-electron chi connectivity index (χ2n) is 6.95. The number of benzene rings is 2. The lowest BCUT2D eigenvalue weighted by molar-refractivity contribution is -0.117. The summed E-state index contributed by atoms with van der Waals surface area (Å²) in [7, 11) is -1.91. The Bertz CT molecular complexity index is 968. The number of hydrogen-bond acceptors (Lipinski definition) is 4. The van der Waals surface area contributed by atoms with Crippen molar-refractivity contribution < 1.29 is 13.2 Å². The van der Waals surface area contributed by atoms with Crippen molar-refractivity contribution in [3.63, 3.8) is 0 Å². The van der Waals surface area contributed by atoms with E-state index in [1.54, 1.807) is 11.9 Å². The van der Waals surface area contributed by atoms with E-state index in [2.05, 4.69) is 5.32 Å². The maximum Gasteiger partial charge on any atom is 0.238 e. The summed E-state index contributed by atoms with van der Waals surface area (Å²) >= 11 is 11.9. The van der Waals surface area contributed by atoms with Crippen LogP contribution < -0.4 is 5.32 Å². The van der Waals surface area contributed by atoms with Crippen LogP contribution in [-0.4, -0.2) is 45.1 Å². The van der Waals surface area contributed by atoms with Crippen LogP contribution in [0.5, 0.6) is 0 Å². The van der Waals surface area contributed by atoms with Crippen LogP contribution in [0.15, 0.2) is 35.2 Å². The van der Waals surface area contributed by atoms with Gasteiger partial charge in [0.05, 0.1) is 22.2 Å². The lowest BCUT2D eigenvalue weighted by Gasteiger charge is -2.18. The molecule has 1 amide bonds. The van der Waals surface area contributed by atoms with Crippen molar-refractivity contribution in [3.8, 4) is 0 Å². The highest BCUT2D eigenvalue weighted by Crippen LogP contribution is 2.26. The number of rotatable bonds is 7. The predicted molar refractivity (Wildman–Crippen MR) is 115 cm³/mol. The monoisotopic (exact) mass is 442 g/mol. The van der Waals surface area contributed by atoms with Gasteiger partial charge >= 0.3 is 0 Å². The van der Waals surface area contributed by atoms with Gasteiger partial charge in [-0.15, -0.1) is 0 Å². The number of carbonyl (C=O) groups is 1. The second kappa shape index (κ2) is 9.27. The van der Waals surface area contributed by atoms with Crippen LogP contribution in [0.25, 0.3) is 0 Å². The molecule has 0 radical (unpaired) electrons. The van der Waals surface area contributed by atoms with Gasteiger partial charge in [0.15, 0.2) is 9.84 Å². The van der Waals surface area contributed by atoms with Crippen molar-refractivity contribution in [1.29, 1.82) is 0 Å². The predicted octanol–water partition coefficient (Wildman–Crippen LogP) is 4.26. The Balaban J connectivity index is 1.98. The molecule has 0 spiro atoms. The molecule has 0 saturated heterocycles. The second-order valence-corrected chi connectivity index (χ2v) is 9.87. The van der Waals surface area contributed by atoms with Crippen molar-refractivity contribution in [3.05, 3.63) is 57.1 Å². The van der Waals surface area contributed by atoms with E-state index in [4.69, 9.17) is 23.2 Å². The van der Waals surface area contributed by atoms with Crippen molar-refractivity contribution >= 4 is 44.6 Å². The Morgan fingerprint density at radius 2 is 1.68 bits per heavy atom. The summed E-state index contributed by atoms with van der Waals surface area (Å²) in [5.74, 6) is -0.366. The number of sulfone groups is 1. The number of amides is 1. The minimum Gasteiger partial charge on any atom is -0.324 e. The third-order valence-corrected chi connectivity index (χ3v) is 6.73. The number of nitrogens with zero attached hydrogens (tertiary/aromatic N) is 1. The molecule has 0 unspecified atom stereocenters. The van der Waals surface area contributed by atoms with Crippen LogP contribution in [0, 0.1) is 20.8 Å². The summed E-state index contributed by atoms with van der Waals surface area (Å²) < 4.78 is 25.1. The van der Waals surface area contributed by atoms with E-state index in [-0.39, 0.29) is 34.7 Å². The standard InChI is InChI=1S/C20H24Cl2N2O3S/c1-13-9-14(2)20(15(3)10-13)23-19(25)12-24(4)7-8-28(26,27)18-11-16(21)5-6-17(18)22/h5-6,9-11H,7-8,12H2,1-4H3,(H,23,25). The molecular weight excluding hydrogens is 419 g/mol. The molecule has 5 nitrogen and oxygen atoms in total. The number of nitrogens with one attached hydrogen (secondary N) is 1. The minimum absolute atomic E-state index is 0.00502. The first kappa shape index (κ1) is 22.7. The van der Waals surface area contributed by atoms with Gasteiger partial charge < -0.3 is 5.32 Å². The van der Waals surface area contributed by atoms with Gasteiger partial charge in [0.25, 0.3) is 0 Å². The van der Waals surface area contributed by atoms with Gasteiger partial charge in [0.2, 0.25) is 5.91 Å². The summed E-state index contributed by atoms with van der Waals surface area (Å²) in [5.41, 5.74) is 3.91. The van der Waals surface area contributed by atoms with Gasteiger partial charge in [-0.05, 0) is 57.1 Å². The quantitative estimate of drug-likeness (QED) is 0.695. The highest BCUT2D eigenvalue weighted by Gasteiger charge is 2.20. The first-order valence-corrected chi connectivity index (χ1v) is 11.1. The number of carbonyl (C=O) groups excluding carboxylic acids is 1. The molecule has 0 atom stereocenters. The van der Waals surface area contributed by atoms with Gasteiger partial charge in [-0.2, -0.15) is 0 Å². The normalized spacial score (nSPS) is 11.7. The van der Waals surface area contributed by atoms with Crippen LogP contribution in [0.1, 0.15) is 16.7 Å². The van der Waals surface area contributed by atoms with Crippen molar-refractivity contribution in [2.45, 2.75) is 25.7 Å². The fourth-order valence-electron chi connectivity index (χ4n) is 2.98. The highest BCUT2D eigenvalue weighted by molar-refractivity contribution is 7.91. The largest absolute Gasteiger partial charge is 0.324 e. The maximum atomic E-state index is 12.5. The van der Waals surface area contributed by atoms with Crippen molar-refractivity contribution in [1.82, 2.24) is 4.90 Å². The molecule has 0 aromatic heterocycles. The number of likely N-dealkylation sites (N-methyl/N-ethyl adjacent to an activating group) is 1. The Morgan fingerprint density at radius 3 is 2.29 bits per heavy atom. The van der Waals surface area contributed by atoms with Crippen molar-refractivity contribution in [2.75, 3.05) is 31.2 Å². The molecule has 0 fully saturated rings. The molecule has 1 N–H and O–H groups in total. The molecule has 0 aliphatic heterocycles. The van der Waals surface area contributed by atoms with Crippen LogP contribution in [0.3, 0.4) is 0 Å². The van der Waals surface area contributed by atoms with E-state index in [0.717, 1.165) is 22.4 Å². The van der Waals surface area contributed by atoms with E-state index in [1.807, 2.05) is 32.9 Å². The highest BCUT2D eigenvalue weighted by atomic mass is 35.5. The fourth-order valence-corrected chi connectivity index (χ4v) is 5.13. The summed E-state index contributed by atoms with van der Waals surface area (Å²) in [6.07, 6.45) is 0. The van der Waals surface area contributed by atoms with E-state index >= 15 is 0 Å². The van der Waals surface area contributed by atoms with Crippen LogP contribution in [0.4, 0.5) is 5.69 Å². The van der Waals surface area contributed by atoms with Gasteiger partial charge in [-0.1, -0.05) is 40.9 Å². The summed E-state index contributed by atoms with van der Waals surface area (Å²) in [4.78, 5) is 14.0. The third-order valence-electron chi connectivity index (χ3n) is 4.33. The van der Waals surface area contributed by atoms with Crippen LogP contribution >= 0.6 is 23.2 Å². The zero-order valence-corrected chi connectivity index (χ0v) is 18.7. The first-order chi connectivity index (χ1) is 13.0. The van der Waals surface area contributed by atoms with Gasteiger partial charge in [0, 0.05) is 17.3 Å². The molecule has 8 heteroatoms. The Morgan fingerprint density at radius 1 is 1.07 bits per heavy atom. The Hall–Kier alpha value is -1.60. The average molecular weight is 443 g/mol. The number of anilines is 1. The molecule has 0 saturated carbocycles. The molecule has 0 aliphatic carbocycles. The lowest BCUT2D eigenvalue weighted by Crippen LogP contribution is -2.34. The summed E-state index contributed by atoms with van der Waals surface area (Å²) in [6, 6.07) is 8.35. The smallest absolute Gasteiger partial charge is 0.238 e. The molecule has 28 heavy (non-hydrogen) atoms. The molecule has 0 bridgehead atoms. The molecule has 2 aromatic rings. The van der Waals surface area contributed by atoms with Gasteiger partial charge in [0.1, 0.15) is 0 Å². The molecular formula is C20H24Cl2N2O3S. The Labute approximate surface area is 176 Å². The third kappa shape index (κ3) is 5.95. The van der Waals surface area contributed by atoms with Crippen LogP contribution in [0.2, 0.25) is 10.0 Å². The lowest BCUT2D eigenvalue weighted by atomic mass is 10.1. The van der Waals surface area contributed by atoms with E-state index in [9.17, 15) is 13.2 Å². The fraction of sp³-hybridized carbons (Fsp3) is 0.350. The van der Waals surface area contributed by atoms with Gasteiger partial charge in [-0.3, -0.25) is 9.69 Å². The number of halogens is 2. The minimum atomic E-state index is -3.61. The first-order valence-electron chi connectivity index (χ1n) is 8.73. The molecule has 0 heterocycles. The van der Waals surface area contributed by atoms with Gasteiger partial charge in [-0.25, -0.2) is 8.42 Å². The van der Waals surface area contributed by atoms with Crippen molar-refractivity contribution in [2.24, 2.45) is 0 Å². The molecule has 152 valence electrons. The average Bonchev–Trinajstić information content (AvgIpc) is 2.58. The summed E-state index contributed by atoms with van der Waals surface area (Å²) in [5, 5.41) is 3.35. The zero-order chi connectivity index (χ0) is 21.1. The maximum absolute atomic E-state index is 12.5. The number of aryl methyl sites for hydroxylation is 3. The Kier molecular flexibility index (Phi) is 7.51. The SMILES string of the molecule is Cc1cc(C)c(NC(=O)CN(C)CCS(=O)(=O)c2cc(Cl)ccc2Cl)c(C)c1. The van der Waals surface area contributed by atoms with E-state index < -0.39 is 9.84 Å². The zero-order valence-electron chi connectivity index (χ0n) is 16.3.